The van der Waals surface area contributed by atoms with Crippen LogP contribution >= 0.6 is 0 Å². The zero-order valence-corrected chi connectivity index (χ0v) is 18.8. The summed E-state index contributed by atoms with van der Waals surface area (Å²) in [6, 6.07) is 20.6. The van der Waals surface area contributed by atoms with E-state index in [4.69, 9.17) is 0 Å². The number of amides is 1. The van der Waals surface area contributed by atoms with Crippen LogP contribution in [0.2, 0.25) is 0 Å². The van der Waals surface area contributed by atoms with E-state index in [9.17, 15) is 14.7 Å². The molecule has 0 fully saturated rings. The molecule has 1 unspecified atom stereocenters. The molecule has 32 heavy (non-hydrogen) atoms. The maximum Gasteiger partial charge on any atom is 0.328 e. The fourth-order valence-corrected chi connectivity index (χ4v) is 3.13. The number of carboxylic acids is 1. The van der Waals surface area contributed by atoms with Gasteiger partial charge in [-0.1, -0.05) is 74.5 Å². The molecule has 0 bridgehead atoms. The monoisotopic (exact) mass is 472 g/mol. The second kappa shape index (κ2) is 11.9. The van der Waals surface area contributed by atoms with Crippen molar-refractivity contribution < 1.29 is 31.2 Å². The first-order chi connectivity index (χ1) is 15.0. The summed E-state index contributed by atoms with van der Waals surface area (Å²) >= 11 is 0. The molecule has 0 spiro atoms. The van der Waals surface area contributed by atoms with Gasteiger partial charge in [0.2, 0.25) is 0 Å². The minimum Gasteiger partial charge on any atom is -0.621 e. The van der Waals surface area contributed by atoms with Gasteiger partial charge in [-0.15, -0.1) is 5.69 Å². The molecule has 2 aromatic carbocycles. The van der Waals surface area contributed by atoms with Gasteiger partial charge in [-0.2, -0.15) is 0 Å². The Morgan fingerprint density at radius 3 is 2.25 bits per heavy atom. The van der Waals surface area contributed by atoms with E-state index in [1.807, 2.05) is 50.2 Å². The topological polar surface area (TPSA) is 93.7 Å². The fourth-order valence-electron chi connectivity index (χ4n) is 3.13. The van der Waals surface area contributed by atoms with Crippen molar-refractivity contribution in [1.29, 1.82) is 0 Å². The number of aromatic nitrogens is 1. The predicted octanol–water partition coefficient (Wildman–Crippen LogP) is 5.26. The molecule has 0 aliphatic carbocycles. The van der Waals surface area contributed by atoms with E-state index in [0.29, 0.717) is 23.4 Å². The number of aliphatic imine (C=N–C) groups is 1. The van der Waals surface area contributed by atoms with Crippen molar-refractivity contribution in [2.45, 2.75) is 26.3 Å². The van der Waals surface area contributed by atoms with Crippen LogP contribution in [0, 0.1) is 5.92 Å². The van der Waals surface area contributed by atoms with Crippen LogP contribution in [0.4, 0.5) is 5.69 Å². The summed E-state index contributed by atoms with van der Waals surface area (Å²) in [6.45, 7) is 3.92. The van der Waals surface area contributed by atoms with Gasteiger partial charge in [0.25, 0.3) is 0 Å². The molecule has 3 rings (SSSR count). The molecule has 1 aromatic heterocycles. The Morgan fingerprint density at radius 1 is 0.969 bits per heavy atom. The van der Waals surface area contributed by atoms with Crippen LogP contribution in [0.25, 0.3) is 5.32 Å². The summed E-state index contributed by atoms with van der Waals surface area (Å²) in [5, 5.41) is 14.0. The molecule has 0 aliphatic rings. The van der Waals surface area contributed by atoms with Gasteiger partial charge in [-0.05, 0) is 30.0 Å². The van der Waals surface area contributed by atoms with Crippen molar-refractivity contribution in [2.75, 3.05) is 0 Å². The van der Waals surface area contributed by atoms with Crippen LogP contribution in [0.15, 0.2) is 84.0 Å². The van der Waals surface area contributed by atoms with E-state index in [1.54, 1.807) is 36.4 Å². The third-order valence-corrected chi connectivity index (χ3v) is 4.58. The first-order valence-electron chi connectivity index (χ1n) is 10.1. The average Bonchev–Trinajstić information content (AvgIpc) is 2.78. The summed E-state index contributed by atoms with van der Waals surface area (Å²) in [5.41, 5.74) is 2.48. The Kier molecular flexibility index (Phi) is 9.29. The zero-order valence-electron chi connectivity index (χ0n) is 17.8. The van der Waals surface area contributed by atoms with Gasteiger partial charge in [0.1, 0.15) is 11.9 Å². The van der Waals surface area contributed by atoms with Gasteiger partial charge in [0.15, 0.2) is 0 Å². The average molecular weight is 473 g/mol. The number of carbonyl (C=O) groups excluding carboxylic acids is 1. The van der Waals surface area contributed by atoms with Crippen molar-refractivity contribution in [3.8, 4) is 0 Å². The first-order valence-corrected chi connectivity index (χ1v) is 10.1. The minimum atomic E-state index is -0.985. The summed E-state index contributed by atoms with van der Waals surface area (Å²) in [7, 11) is 0. The zero-order chi connectivity index (χ0) is 22.2. The van der Waals surface area contributed by atoms with Gasteiger partial charge in [-0.3, -0.25) is 9.98 Å². The Morgan fingerprint density at radius 2 is 1.62 bits per heavy atom. The van der Waals surface area contributed by atoms with Crippen LogP contribution < -0.4 is 0 Å². The SMILES string of the molecule is CC(C)CC(N=C(c1ccccc1)c1ccccc1[N-]C(=O)c1ccccn1)C(=O)O.[Ni]. The van der Waals surface area contributed by atoms with E-state index < -0.39 is 17.9 Å². The standard InChI is InChI=1S/C25H25N3O3.Ni/c1-17(2)16-22(25(30)31)27-23(18-10-4-3-5-11-18)19-12-6-7-13-20(19)28-24(29)21-14-8-9-15-26-21;/h3-15,17,22H,16H2,1-2H3,(H2,27,28,29,30,31);/p-1. The smallest absolute Gasteiger partial charge is 0.328 e. The molecule has 0 saturated heterocycles. The van der Waals surface area contributed by atoms with Crippen LogP contribution in [-0.4, -0.2) is 33.7 Å². The van der Waals surface area contributed by atoms with Crippen LogP contribution in [0.5, 0.6) is 0 Å². The molecule has 3 aromatic rings. The van der Waals surface area contributed by atoms with E-state index in [0.717, 1.165) is 5.56 Å². The normalized spacial score (nSPS) is 12.0. The van der Waals surface area contributed by atoms with Crippen LogP contribution in [0.1, 0.15) is 41.9 Å². The number of carboxylic acid groups (broad SMARTS) is 1. The molecular formula is C25H24N3NiO3-. The van der Waals surface area contributed by atoms with E-state index in [1.165, 1.54) is 6.20 Å². The molecule has 1 amide bonds. The van der Waals surface area contributed by atoms with E-state index in [2.05, 4.69) is 15.3 Å². The Bertz CT molecular complexity index is 1070. The molecule has 0 aliphatic heterocycles. The summed E-state index contributed by atoms with van der Waals surface area (Å²) in [4.78, 5) is 33.2. The number of benzene rings is 2. The number of pyridine rings is 1. The molecule has 168 valence electrons. The maximum atomic E-state index is 12.6. The molecule has 6 nitrogen and oxygen atoms in total. The molecule has 0 saturated carbocycles. The number of aliphatic carboxylic acids is 1. The summed E-state index contributed by atoms with van der Waals surface area (Å²) in [6.07, 6.45) is 1.94. The largest absolute Gasteiger partial charge is 0.621 e. The summed E-state index contributed by atoms with van der Waals surface area (Å²) < 4.78 is 0. The number of nitrogens with zero attached hydrogens (tertiary/aromatic N) is 3. The number of rotatable bonds is 8. The van der Waals surface area contributed by atoms with Crippen molar-refractivity contribution in [2.24, 2.45) is 10.9 Å². The third kappa shape index (κ3) is 6.59. The van der Waals surface area contributed by atoms with E-state index >= 15 is 0 Å². The molecule has 7 heteroatoms. The number of hydrogen-bond acceptors (Lipinski definition) is 4. The second-order valence-electron chi connectivity index (χ2n) is 7.48. The van der Waals surface area contributed by atoms with E-state index in [-0.39, 0.29) is 28.1 Å². The van der Waals surface area contributed by atoms with Gasteiger partial charge in [0, 0.05) is 28.3 Å². The van der Waals surface area contributed by atoms with Crippen molar-refractivity contribution in [1.82, 2.24) is 4.98 Å². The van der Waals surface area contributed by atoms with Crippen LogP contribution in [0.3, 0.4) is 0 Å². The Balaban J connectivity index is 0.00000363. The fraction of sp³-hybridized carbons (Fsp3) is 0.200. The Hall–Kier alpha value is -3.31. The van der Waals surface area contributed by atoms with Crippen molar-refractivity contribution >= 4 is 23.3 Å². The molecular weight excluding hydrogens is 449 g/mol. The predicted molar refractivity (Wildman–Crippen MR) is 121 cm³/mol. The Labute approximate surface area is 197 Å². The quantitative estimate of drug-likeness (QED) is 0.357. The van der Waals surface area contributed by atoms with Gasteiger partial charge in [0.05, 0.1) is 11.4 Å². The second-order valence-corrected chi connectivity index (χ2v) is 7.48. The molecule has 1 atom stereocenters. The molecule has 1 heterocycles. The third-order valence-electron chi connectivity index (χ3n) is 4.58. The maximum absolute atomic E-state index is 12.6. The van der Waals surface area contributed by atoms with Crippen molar-refractivity contribution in [3.05, 3.63) is 101 Å². The van der Waals surface area contributed by atoms with Crippen LogP contribution in [-0.2, 0) is 21.3 Å². The number of carbonyl (C=O) groups is 2. The summed E-state index contributed by atoms with van der Waals surface area (Å²) in [5.74, 6) is -1.30. The minimum absolute atomic E-state index is 0. The van der Waals surface area contributed by atoms with Gasteiger partial charge < -0.3 is 15.2 Å². The first kappa shape index (κ1) is 25.0. The number of hydrogen-bond donors (Lipinski definition) is 1. The van der Waals surface area contributed by atoms with Crippen molar-refractivity contribution in [3.63, 3.8) is 0 Å². The molecule has 1 N–H and O–H groups in total. The van der Waals surface area contributed by atoms with Gasteiger partial charge >= 0.3 is 5.97 Å². The molecule has 0 radical (unpaired) electrons. The number of para-hydroxylation sites is 1. The van der Waals surface area contributed by atoms with Gasteiger partial charge in [-0.25, -0.2) is 4.79 Å².